The largest absolute Gasteiger partial charge is 0.481 e. The van der Waals surface area contributed by atoms with Crippen LogP contribution in [-0.4, -0.2) is 23.8 Å². The van der Waals surface area contributed by atoms with E-state index in [9.17, 15) is 4.79 Å². The van der Waals surface area contributed by atoms with E-state index < -0.39 is 5.97 Å². The van der Waals surface area contributed by atoms with E-state index in [1.807, 2.05) is 0 Å². The fourth-order valence-corrected chi connectivity index (χ4v) is 4.92. The Hall–Kier alpha value is -0.570. The molecule has 0 aromatic carbocycles. The van der Waals surface area contributed by atoms with Gasteiger partial charge in [-0.1, -0.05) is 64.7 Å². The highest BCUT2D eigenvalue weighted by atomic mass is 16.5. The van der Waals surface area contributed by atoms with E-state index in [1.54, 1.807) is 0 Å². The van der Waals surface area contributed by atoms with Gasteiger partial charge in [0.2, 0.25) is 0 Å². The van der Waals surface area contributed by atoms with E-state index >= 15 is 0 Å². The molecule has 0 aromatic rings. The molecule has 0 spiro atoms. The molecular weight excluding hydrogens is 300 g/mol. The van der Waals surface area contributed by atoms with Crippen LogP contribution in [0.1, 0.15) is 96.8 Å². The van der Waals surface area contributed by atoms with Crippen molar-refractivity contribution in [3.63, 3.8) is 0 Å². The molecule has 24 heavy (non-hydrogen) atoms. The van der Waals surface area contributed by atoms with Gasteiger partial charge in [0.25, 0.3) is 0 Å². The minimum Gasteiger partial charge on any atom is -0.481 e. The zero-order chi connectivity index (χ0) is 17.2. The van der Waals surface area contributed by atoms with E-state index in [0.717, 1.165) is 37.2 Å². The molecule has 3 nitrogen and oxygen atoms in total. The van der Waals surface area contributed by atoms with Crippen molar-refractivity contribution >= 4 is 5.97 Å². The Morgan fingerprint density at radius 2 is 1.54 bits per heavy atom. The first kappa shape index (κ1) is 19.8. The van der Waals surface area contributed by atoms with Gasteiger partial charge in [-0.2, -0.15) is 0 Å². The predicted octanol–water partition coefficient (Wildman–Crippen LogP) is 5.81. The average molecular weight is 339 g/mol. The van der Waals surface area contributed by atoms with Gasteiger partial charge in [0, 0.05) is 6.42 Å². The standard InChI is InChI=1S/C21H38O3/c1-2-3-4-5-6-9-12-18-17-15-20(24-16-17)19(18)13-10-7-8-11-14-21(22)23/h17-20H,2-16H2,1H3,(H,22,23)/t17-,18+,19-,20-/m1/s1. The molecule has 2 rings (SSSR count). The Kier molecular flexibility index (Phi) is 9.15. The zero-order valence-electron chi connectivity index (χ0n) is 15.7. The van der Waals surface area contributed by atoms with Gasteiger partial charge in [-0.05, 0) is 43.4 Å². The fourth-order valence-electron chi connectivity index (χ4n) is 4.92. The van der Waals surface area contributed by atoms with Crippen LogP contribution >= 0.6 is 0 Å². The summed E-state index contributed by atoms with van der Waals surface area (Å²) in [5, 5.41) is 8.68. The molecule has 2 bridgehead atoms. The third kappa shape index (κ3) is 6.38. The van der Waals surface area contributed by atoms with Crippen LogP contribution in [0.15, 0.2) is 0 Å². The highest BCUT2D eigenvalue weighted by Crippen LogP contribution is 2.49. The maximum absolute atomic E-state index is 10.5. The van der Waals surface area contributed by atoms with Crippen LogP contribution in [0.5, 0.6) is 0 Å². The van der Waals surface area contributed by atoms with Crippen LogP contribution in [0.2, 0.25) is 0 Å². The van der Waals surface area contributed by atoms with Crippen LogP contribution in [0, 0.1) is 17.8 Å². The van der Waals surface area contributed by atoms with E-state index in [4.69, 9.17) is 9.84 Å². The molecule has 0 radical (unpaired) electrons. The summed E-state index contributed by atoms with van der Waals surface area (Å²) >= 11 is 0. The Morgan fingerprint density at radius 1 is 0.917 bits per heavy atom. The molecule has 2 aliphatic rings. The fraction of sp³-hybridized carbons (Fsp3) is 0.952. The van der Waals surface area contributed by atoms with E-state index in [-0.39, 0.29) is 0 Å². The monoisotopic (exact) mass is 338 g/mol. The van der Waals surface area contributed by atoms with Crippen molar-refractivity contribution in [2.45, 2.75) is 103 Å². The first-order valence-corrected chi connectivity index (χ1v) is 10.6. The second-order valence-corrected chi connectivity index (χ2v) is 8.10. The van der Waals surface area contributed by atoms with Crippen LogP contribution in [0.4, 0.5) is 0 Å². The predicted molar refractivity (Wildman–Crippen MR) is 98.2 cm³/mol. The molecule has 3 heteroatoms. The number of unbranched alkanes of at least 4 members (excludes halogenated alkanes) is 8. The van der Waals surface area contributed by atoms with Gasteiger partial charge in [-0.3, -0.25) is 4.79 Å². The number of hydrogen-bond donors (Lipinski definition) is 1. The van der Waals surface area contributed by atoms with Crippen LogP contribution in [0.25, 0.3) is 0 Å². The van der Waals surface area contributed by atoms with E-state index in [2.05, 4.69) is 6.92 Å². The van der Waals surface area contributed by atoms with E-state index in [0.29, 0.717) is 12.5 Å². The minimum atomic E-state index is -0.657. The number of fused-ring (bicyclic) bond motifs is 2. The van der Waals surface area contributed by atoms with Gasteiger partial charge in [-0.15, -0.1) is 0 Å². The maximum atomic E-state index is 10.5. The Bertz CT molecular complexity index is 355. The van der Waals surface area contributed by atoms with Gasteiger partial charge in [-0.25, -0.2) is 0 Å². The lowest BCUT2D eigenvalue weighted by molar-refractivity contribution is -0.137. The second kappa shape index (κ2) is 11.1. The summed E-state index contributed by atoms with van der Waals surface area (Å²) in [4.78, 5) is 10.5. The molecule has 1 heterocycles. The third-order valence-corrected chi connectivity index (χ3v) is 6.26. The Balaban J connectivity index is 1.59. The number of rotatable bonds is 14. The quantitative estimate of drug-likeness (QED) is 0.406. The zero-order valence-corrected chi connectivity index (χ0v) is 15.7. The van der Waals surface area contributed by atoms with Crippen molar-refractivity contribution in [2.24, 2.45) is 17.8 Å². The normalized spacial score (nSPS) is 28.5. The molecule has 1 N–H and O–H groups in total. The summed E-state index contributed by atoms with van der Waals surface area (Å²) in [6, 6.07) is 0. The summed E-state index contributed by atoms with van der Waals surface area (Å²) in [7, 11) is 0. The molecule has 0 aromatic heterocycles. The molecule has 1 saturated heterocycles. The topological polar surface area (TPSA) is 46.5 Å². The molecule has 4 atom stereocenters. The third-order valence-electron chi connectivity index (χ3n) is 6.26. The first-order chi connectivity index (χ1) is 11.7. The molecule has 140 valence electrons. The molecule has 1 aliphatic carbocycles. The van der Waals surface area contributed by atoms with Crippen molar-refractivity contribution in [2.75, 3.05) is 6.61 Å². The number of carbonyl (C=O) groups is 1. The van der Waals surface area contributed by atoms with Crippen LogP contribution < -0.4 is 0 Å². The van der Waals surface area contributed by atoms with Crippen LogP contribution in [-0.2, 0) is 9.53 Å². The number of carboxylic acids is 1. The van der Waals surface area contributed by atoms with Gasteiger partial charge in [0.15, 0.2) is 0 Å². The van der Waals surface area contributed by atoms with Gasteiger partial charge in [0.05, 0.1) is 12.7 Å². The summed E-state index contributed by atoms with van der Waals surface area (Å²) < 4.78 is 5.99. The molecule has 2 fully saturated rings. The van der Waals surface area contributed by atoms with Gasteiger partial charge < -0.3 is 9.84 Å². The van der Waals surface area contributed by atoms with Gasteiger partial charge >= 0.3 is 5.97 Å². The van der Waals surface area contributed by atoms with Crippen molar-refractivity contribution in [1.29, 1.82) is 0 Å². The SMILES string of the molecule is CCCCCCCC[C@H]1[C@H]2CO[C@H](C2)[C@@H]1CCCCCCC(=O)O. The minimum absolute atomic E-state index is 0.331. The van der Waals surface area contributed by atoms with Crippen molar-refractivity contribution in [3.05, 3.63) is 0 Å². The smallest absolute Gasteiger partial charge is 0.303 e. The Morgan fingerprint density at radius 3 is 2.25 bits per heavy atom. The van der Waals surface area contributed by atoms with Gasteiger partial charge in [0.1, 0.15) is 0 Å². The lowest BCUT2D eigenvalue weighted by atomic mass is 9.81. The molecular formula is C21H38O3. The van der Waals surface area contributed by atoms with Crippen LogP contribution in [0.3, 0.4) is 0 Å². The summed E-state index contributed by atoms with van der Waals surface area (Å²) in [6.07, 6.45) is 17.6. The molecule has 1 saturated carbocycles. The molecule has 1 aliphatic heterocycles. The highest BCUT2D eigenvalue weighted by molar-refractivity contribution is 5.66. The van der Waals surface area contributed by atoms with E-state index in [1.165, 1.54) is 70.6 Å². The number of aliphatic carboxylic acids is 1. The summed E-state index contributed by atoms with van der Waals surface area (Å²) in [6.45, 7) is 3.29. The Labute approximate surface area is 148 Å². The van der Waals surface area contributed by atoms with Crippen molar-refractivity contribution in [1.82, 2.24) is 0 Å². The first-order valence-electron chi connectivity index (χ1n) is 10.6. The second-order valence-electron chi connectivity index (χ2n) is 8.10. The summed E-state index contributed by atoms with van der Waals surface area (Å²) in [5.41, 5.74) is 0. The lowest BCUT2D eigenvalue weighted by Crippen LogP contribution is -2.29. The number of carboxylic acid groups (broad SMARTS) is 1. The summed E-state index contributed by atoms with van der Waals surface area (Å²) in [5.74, 6) is 1.88. The lowest BCUT2D eigenvalue weighted by Gasteiger charge is -2.31. The van der Waals surface area contributed by atoms with Crippen molar-refractivity contribution < 1.29 is 14.6 Å². The van der Waals surface area contributed by atoms with Crippen molar-refractivity contribution in [3.8, 4) is 0 Å². The average Bonchev–Trinajstić information content (AvgIpc) is 3.15. The molecule has 0 unspecified atom stereocenters. The number of ether oxygens (including phenoxy) is 1. The maximum Gasteiger partial charge on any atom is 0.303 e. The number of hydrogen-bond acceptors (Lipinski definition) is 2. The molecule has 0 amide bonds. The highest BCUT2D eigenvalue weighted by Gasteiger charge is 2.47.